The molecule has 0 fully saturated rings. The number of amides is 1. The molecule has 1 aliphatic carbocycles. The lowest BCUT2D eigenvalue weighted by atomic mass is 10.1. The van der Waals surface area contributed by atoms with Gasteiger partial charge in [0, 0.05) is 5.69 Å². The molecule has 0 atom stereocenters. The molecule has 28 heavy (non-hydrogen) atoms. The highest BCUT2D eigenvalue weighted by Gasteiger charge is 2.13. The molecule has 0 unspecified atom stereocenters. The Kier molecular flexibility index (Phi) is 5.78. The van der Waals surface area contributed by atoms with Crippen LogP contribution >= 0.6 is 23.1 Å². The number of aromatic nitrogens is 2. The van der Waals surface area contributed by atoms with Crippen LogP contribution in [0.1, 0.15) is 17.5 Å². The number of hydrogen-bond acceptors (Lipinski definition) is 7. The summed E-state index contributed by atoms with van der Waals surface area (Å²) < 4.78 is 6.06. The van der Waals surface area contributed by atoms with Crippen LogP contribution < -0.4 is 15.4 Å². The number of anilines is 3. The Labute approximate surface area is 171 Å². The number of rotatable bonds is 7. The molecule has 0 saturated heterocycles. The molecular weight excluding hydrogens is 392 g/mol. The van der Waals surface area contributed by atoms with Gasteiger partial charge in [-0.1, -0.05) is 41.3 Å². The lowest BCUT2D eigenvalue weighted by molar-refractivity contribution is -0.113. The highest BCUT2D eigenvalue weighted by Crippen LogP contribution is 2.31. The summed E-state index contributed by atoms with van der Waals surface area (Å²) in [7, 11) is 1.63. The normalized spacial score (nSPS) is 12.5. The monoisotopic (exact) mass is 412 g/mol. The second-order valence-corrected chi connectivity index (χ2v) is 8.57. The maximum Gasteiger partial charge on any atom is 0.234 e. The van der Waals surface area contributed by atoms with E-state index in [1.54, 1.807) is 7.11 Å². The zero-order chi connectivity index (χ0) is 19.3. The molecule has 0 saturated carbocycles. The second-order valence-electron chi connectivity index (χ2n) is 6.37. The standard InChI is InChI=1S/C20H20N4O2S2/c1-26-17-8-3-2-7-16(17)22-19-23-24-20(28-19)27-12-18(25)21-15-10-9-13-5-4-6-14(13)11-15/h2-3,7-11H,4-6,12H2,1H3,(H,21,25)(H,22,23). The fourth-order valence-corrected chi connectivity index (χ4v) is 4.72. The molecule has 0 radical (unpaired) electrons. The summed E-state index contributed by atoms with van der Waals surface area (Å²) in [6.45, 7) is 0. The van der Waals surface area contributed by atoms with Crippen LogP contribution in [-0.4, -0.2) is 29.0 Å². The first-order valence-electron chi connectivity index (χ1n) is 8.99. The largest absolute Gasteiger partial charge is 0.495 e. The predicted molar refractivity (Wildman–Crippen MR) is 114 cm³/mol. The first-order valence-corrected chi connectivity index (χ1v) is 10.8. The summed E-state index contributed by atoms with van der Waals surface area (Å²) in [6, 6.07) is 13.8. The second kappa shape index (κ2) is 8.62. The first kappa shape index (κ1) is 18.8. The molecule has 4 rings (SSSR count). The van der Waals surface area contributed by atoms with Crippen molar-refractivity contribution in [2.24, 2.45) is 0 Å². The van der Waals surface area contributed by atoms with Gasteiger partial charge in [0.2, 0.25) is 11.0 Å². The Morgan fingerprint density at radius 1 is 1.18 bits per heavy atom. The van der Waals surface area contributed by atoms with Gasteiger partial charge in [0.15, 0.2) is 4.34 Å². The molecule has 1 aromatic heterocycles. The first-order chi connectivity index (χ1) is 13.7. The van der Waals surface area contributed by atoms with Crippen molar-refractivity contribution in [3.8, 4) is 5.75 Å². The van der Waals surface area contributed by atoms with Crippen LogP contribution in [0.25, 0.3) is 0 Å². The number of ether oxygens (including phenoxy) is 1. The van der Waals surface area contributed by atoms with Crippen molar-refractivity contribution >= 4 is 45.5 Å². The minimum absolute atomic E-state index is 0.0441. The third-order valence-electron chi connectivity index (χ3n) is 4.46. The summed E-state index contributed by atoms with van der Waals surface area (Å²) in [5.74, 6) is 0.985. The van der Waals surface area contributed by atoms with Gasteiger partial charge in [-0.05, 0) is 54.7 Å². The molecule has 1 aliphatic rings. The van der Waals surface area contributed by atoms with E-state index in [2.05, 4.69) is 33.0 Å². The number of para-hydroxylation sites is 2. The molecule has 1 heterocycles. The summed E-state index contributed by atoms with van der Waals surface area (Å²) in [4.78, 5) is 12.3. The molecule has 8 heteroatoms. The molecule has 6 nitrogen and oxygen atoms in total. The Morgan fingerprint density at radius 2 is 2.04 bits per heavy atom. The van der Waals surface area contributed by atoms with Crippen molar-refractivity contribution in [2.45, 2.75) is 23.6 Å². The van der Waals surface area contributed by atoms with Crippen molar-refractivity contribution in [1.82, 2.24) is 10.2 Å². The van der Waals surface area contributed by atoms with Crippen molar-refractivity contribution in [3.63, 3.8) is 0 Å². The lowest BCUT2D eigenvalue weighted by Crippen LogP contribution is -2.14. The Hall–Kier alpha value is -2.58. The zero-order valence-corrected chi connectivity index (χ0v) is 17.0. The van der Waals surface area contributed by atoms with Gasteiger partial charge in [0.1, 0.15) is 5.75 Å². The highest BCUT2D eigenvalue weighted by molar-refractivity contribution is 8.01. The van der Waals surface area contributed by atoms with Crippen LogP contribution in [0.15, 0.2) is 46.8 Å². The van der Waals surface area contributed by atoms with Gasteiger partial charge in [-0.3, -0.25) is 4.79 Å². The van der Waals surface area contributed by atoms with E-state index in [1.165, 1.54) is 40.6 Å². The minimum atomic E-state index is -0.0441. The molecule has 2 N–H and O–H groups in total. The number of carbonyl (C=O) groups is 1. The fourth-order valence-electron chi connectivity index (χ4n) is 3.16. The van der Waals surface area contributed by atoms with E-state index in [9.17, 15) is 4.79 Å². The maximum absolute atomic E-state index is 12.3. The summed E-state index contributed by atoms with van der Waals surface area (Å²) in [5.41, 5.74) is 4.44. The predicted octanol–water partition coefficient (Wildman–Crippen LogP) is 4.51. The number of nitrogens with one attached hydrogen (secondary N) is 2. The van der Waals surface area contributed by atoms with Gasteiger partial charge in [0.25, 0.3) is 0 Å². The molecular formula is C20H20N4O2S2. The number of hydrogen-bond donors (Lipinski definition) is 2. The van der Waals surface area contributed by atoms with Crippen molar-refractivity contribution < 1.29 is 9.53 Å². The van der Waals surface area contributed by atoms with Crippen LogP contribution in [0, 0.1) is 0 Å². The summed E-state index contributed by atoms with van der Waals surface area (Å²) in [5, 5.41) is 15.1. The Bertz CT molecular complexity index is 990. The van der Waals surface area contributed by atoms with Gasteiger partial charge in [-0.25, -0.2) is 0 Å². The highest BCUT2D eigenvalue weighted by atomic mass is 32.2. The van der Waals surface area contributed by atoms with Crippen molar-refractivity contribution in [3.05, 3.63) is 53.6 Å². The van der Waals surface area contributed by atoms with E-state index in [0.717, 1.165) is 34.3 Å². The Balaban J connectivity index is 1.31. The zero-order valence-electron chi connectivity index (χ0n) is 15.4. The van der Waals surface area contributed by atoms with E-state index in [0.29, 0.717) is 10.9 Å². The minimum Gasteiger partial charge on any atom is -0.495 e. The number of thioether (sulfide) groups is 1. The number of nitrogens with zero attached hydrogens (tertiary/aromatic N) is 2. The third-order valence-corrected chi connectivity index (χ3v) is 6.44. The van der Waals surface area contributed by atoms with Crippen molar-refractivity contribution in [2.75, 3.05) is 23.5 Å². The fraction of sp³-hybridized carbons (Fsp3) is 0.250. The van der Waals surface area contributed by atoms with E-state index >= 15 is 0 Å². The van der Waals surface area contributed by atoms with Gasteiger partial charge < -0.3 is 15.4 Å². The molecule has 0 spiro atoms. The number of methoxy groups -OCH3 is 1. The average molecular weight is 413 g/mol. The van der Waals surface area contributed by atoms with E-state index in [-0.39, 0.29) is 5.91 Å². The average Bonchev–Trinajstić information content (AvgIpc) is 3.35. The van der Waals surface area contributed by atoms with E-state index < -0.39 is 0 Å². The topological polar surface area (TPSA) is 76.1 Å². The van der Waals surface area contributed by atoms with Crippen LogP contribution in [0.5, 0.6) is 5.75 Å². The van der Waals surface area contributed by atoms with E-state index in [4.69, 9.17) is 4.74 Å². The molecule has 1 amide bonds. The SMILES string of the molecule is COc1ccccc1Nc1nnc(SCC(=O)Nc2ccc3c(c2)CCC3)s1. The number of fused-ring (bicyclic) bond motifs is 1. The van der Waals surface area contributed by atoms with Crippen LogP contribution in [0.4, 0.5) is 16.5 Å². The smallest absolute Gasteiger partial charge is 0.234 e. The third kappa shape index (κ3) is 4.45. The molecule has 0 aliphatic heterocycles. The maximum atomic E-state index is 12.3. The molecule has 3 aromatic rings. The number of benzene rings is 2. The van der Waals surface area contributed by atoms with Crippen LogP contribution in [0.2, 0.25) is 0 Å². The van der Waals surface area contributed by atoms with Gasteiger partial charge in [-0.2, -0.15) is 0 Å². The van der Waals surface area contributed by atoms with Crippen LogP contribution in [-0.2, 0) is 17.6 Å². The molecule has 0 bridgehead atoms. The number of aryl methyl sites for hydroxylation is 2. The molecule has 2 aromatic carbocycles. The quantitative estimate of drug-likeness (QED) is 0.556. The lowest BCUT2D eigenvalue weighted by Gasteiger charge is -2.07. The number of carbonyl (C=O) groups excluding carboxylic acids is 1. The van der Waals surface area contributed by atoms with Gasteiger partial charge in [0.05, 0.1) is 18.6 Å². The van der Waals surface area contributed by atoms with Gasteiger partial charge >= 0.3 is 0 Å². The summed E-state index contributed by atoms with van der Waals surface area (Å²) in [6.07, 6.45) is 3.44. The molecule has 144 valence electrons. The van der Waals surface area contributed by atoms with Crippen LogP contribution in [0.3, 0.4) is 0 Å². The van der Waals surface area contributed by atoms with Crippen molar-refractivity contribution in [1.29, 1.82) is 0 Å². The van der Waals surface area contributed by atoms with E-state index in [1.807, 2.05) is 30.3 Å². The summed E-state index contributed by atoms with van der Waals surface area (Å²) >= 11 is 2.78. The van der Waals surface area contributed by atoms with Gasteiger partial charge in [-0.15, -0.1) is 10.2 Å². The Morgan fingerprint density at radius 3 is 2.93 bits per heavy atom.